The third-order valence-corrected chi connectivity index (χ3v) is 4.93. The smallest absolute Gasteiger partial charge is 0.338 e. The Bertz CT molecular complexity index is 494. The Morgan fingerprint density at radius 3 is 2.07 bits per heavy atom. The van der Waals surface area contributed by atoms with Crippen LogP contribution < -0.4 is 17.0 Å². The highest BCUT2D eigenvalue weighted by Gasteiger charge is 2.14. The molecule has 1 aromatic rings. The molecule has 0 unspecified atom stereocenters. The van der Waals surface area contributed by atoms with Crippen LogP contribution >= 0.6 is 0 Å². The molecular weight excluding hydrogens is 418 g/mol. The van der Waals surface area contributed by atoms with Gasteiger partial charge in [0.05, 0.1) is 39.4 Å². The number of nitrogens with zero attached hydrogens (tertiary/aromatic N) is 1. The second-order valence-corrected chi connectivity index (χ2v) is 7.97. The van der Waals surface area contributed by atoms with Gasteiger partial charge < -0.3 is 30.9 Å². The van der Waals surface area contributed by atoms with Gasteiger partial charge in [-0.15, -0.1) is 0 Å². The average molecular weight is 458 g/mol. The SMILES string of the molecule is CCCCCCCCCC[N+](C)(C)CCOCCOC(=O)c1ccccc1.[Br-]. The van der Waals surface area contributed by atoms with Crippen molar-refractivity contribution < 1.29 is 35.7 Å². The second-order valence-electron chi connectivity index (χ2n) is 7.97. The van der Waals surface area contributed by atoms with Gasteiger partial charge in [0.1, 0.15) is 13.2 Å². The van der Waals surface area contributed by atoms with Crippen LogP contribution in [0.5, 0.6) is 0 Å². The summed E-state index contributed by atoms with van der Waals surface area (Å²) in [7, 11) is 4.53. The Kier molecular flexibility index (Phi) is 16.4. The molecule has 0 aliphatic rings. The summed E-state index contributed by atoms with van der Waals surface area (Å²) in [5.41, 5.74) is 0.584. The average Bonchev–Trinajstić information content (AvgIpc) is 2.67. The van der Waals surface area contributed by atoms with Crippen LogP contribution in [0.25, 0.3) is 0 Å². The molecule has 0 bridgehead atoms. The fraction of sp³-hybridized carbons (Fsp3) is 0.696. The van der Waals surface area contributed by atoms with E-state index in [2.05, 4.69) is 21.0 Å². The van der Waals surface area contributed by atoms with Crippen molar-refractivity contribution in [3.8, 4) is 0 Å². The van der Waals surface area contributed by atoms with Crippen LogP contribution in [0.1, 0.15) is 68.6 Å². The molecule has 1 aromatic carbocycles. The zero-order valence-electron chi connectivity index (χ0n) is 18.1. The van der Waals surface area contributed by atoms with E-state index >= 15 is 0 Å². The van der Waals surface area contributed by atoms with E-state index in [-0.39, 0.29) is 23.0 Å². The predicted octanol–water partition coefficient (Wildman–Crippen LogP) is 2.08. The van der Waals surface area contributed by atoms with Crippen LogP contribution in [0, 0.1) is 0 Å². The zero-order chi connectivity index (χ0) is 19.8. The van der Waals surface area contributed by atoms with E-state index in [0.29, 0.717) is 25.4 Å². The molecule has 0 amide bonds. The predicted molar refractivity (Wildman–Crippen MR) is 112 cm³/mol. The van der Waals surface area contributed by atoms with Crippen LogP contribution in [-0.2, 0) is 9.47 Å². The number of hydrogen-bond donors (Lipinski definition) is 0. The van der Waals surface area contributed by atoms with Gasteiger partial charge in [0.25, 0.3) is 0 Å². The van der Waals surface area contributed by atoms with Crippen molar-refractivity contribution >= 4 is 5.97 Å². The summed E-state index contributed by atoms with van der Waals surface area (Å²) in [6.45, 7) is 5.91. The van der Waals surface area contributed by atoms with Gasteiger partial charge in [0.15, 0.2) is 0 Å². The fourth-order valence-corrected chi connectivity index (χ4v) is 3.05. The Hall–Kier alpha value is -0.910. The van der Waals surface area contributed by atoms with Crippen molar-refractivity contribution in [2.45, 2.75) is 58.3 Å². The van der Waals surface area contributed by atoms with Crippen molar-refractivity contribution in [3.63, 3.8) is 0 Å². The lowest BCUT2D eigenvalue weighted by atomic mass is 10.1. The minimum Gasteiger partial charge on any atom is -1.00 e. The number of quaternary nitrogens is 1. The summed E-state index contributed by atoms with van der Waals surface area (Å²) in [5, 5.41) is 0. The standard InChI is InChI=1S/C23H40NO3.BrH/c1-4-5-6-7-8-9-10-14-17-24(2,3)18-19-26-20-21-27-23(25)22-15-12-11-13-16-22;/h11-13,15-16H,4-10,14,17-21H2,1-3H3;1H/q+1;/p-1. The van der Waals surface area contributed by atoms with Crippen molar-refractivity contribution in [1.29, 1.82) is 0 Å². The molecule has 28 heavy (non-hydrogen) atoms. The number of benzene rings is 1. The molecule has 0 radical (unpaired) electrons. The van der Waals surface area contributed by atoms with Gasteiger partial charge in [0.2, 0.25) is 0 Å². The van der Waals surface area contributed by atoms with Crippen LogP contribution in [0.2, 0.25) is 0 Å². The van der Waals surface area contributed by atoms with Crippen molar-refractivity contribution in [2.75, 3.05) is 47.0 Å². The molecule has 0 N–H and O–H groups in total. The topological polar surface area (TPSA) is 35.5 Å². The molecule has 0 atom stereocenters. The number of unbranched alkanes of at least 4 members (excludes halogenated alkanes) is 7. The first-order chi connectivity index (χ1) is 13.0. The maximum absolute atomic E-state index is 11.8. The molecule has 162 valence electrons. The molecule has 0 saturated heterocycles. The van der Waals surface area contributed by atoms with E-state index in [1.165, 1.54) is 57.9 Å². The summed E-state index contributed by atoms with van der Waals surface area (Å²) in [5.74, 6) is -0.287. The van der Waals surface area contributed by atoms with E-state index in [1.54, 1.807) is 12.1 Å². The molecule has 0 aliphatic carbocycles. The number of hydrogen-bond acceptors (Lipinski definition) is 3. The van der Waals surface area contributed by atoms with Crippen molar-refractivity contribution in [1.82, 2.24) is 0 Å². The van der Waals surface area contributed by atoms with Gasteiger partial charge >= 0.3 is 5.97 Å². The molecule has 0 aliphatic heterocycles. The van der Waals surface area contributed by atoms with Crippen molar-refractivity contribution in [3.05, 3.63) is 35.9 Å². The maximum Gasteiger partial charge on any atom is 0.338 e. The minimum atomic E-state index is -0.287. The first-order valence-corrected chi connectivity index (χ1v) is 10.7. The highest BCUT2D eigenvalue weighted by Crippen LogP contribution is 2.10. The number of carbonyl (C=O) groups is 1. The van der Waals surface area contributed by atoms with Gasteiger partial charge in [0, 0.05) is 0 Å². The third kappa shape index (κ3) is 14.1. The number of ether oxygens (including phenoxy) is 2. The third-order valence-electron chi connectivity index (χ3n) is 4.93. The van der Waals surface area contributed by atoms with Crippen LogP contribution in [0.3, 0.4) is 0 Å². The van der Waals surface area contributed by atoms with Crippen LogP contribution in [0.4, 0.5) is 0 Å². The second kappa shape index (κ2) is 17.0. The summed E-state index contributed by atoms with van der Waals surface area (Å²) in [6, 6.07) is 9.06. The van der Waals surface area contributed by atoms with Gasteiger partial charge in [-0.05, 0) is 25.0 Å². The summed E-state index contributed by atoms with van der Waals surface area (Å²) < 4.78 is 11.8. The Labute approximate surface area is 183 Å². The number of halogens is 1. The van der Waals surface area contributed by atoms with Gasteiger partial charge in [-0.3, -0.25) is 0 Å². The quantitative estimate of drug-likeness (QED) is 0.216. The van der Waals surface area contributed by atoms with Gasteiger partial charge in [-0.1, -0.05) is 63.6 Å². The number of likely N-dealkylation sites (N-methyl/N-ethyl adjacent to an activating group) is 1. The molecule has 5 heteroatoms. The number of rotatable bonds is 16. The lowest BCUT2D eigenvalue weighted by Gasteiger charge is -2.29. The fourth-order valence-electron chi connectivity index (χ4n) is 3.05. The van der Waals surface area contributed by atoms with Gasteiger partial charge in [-0.2, -0.15) is 0 Å². The molecule has 0 aromatic heterocycles. The molecule has 0 spiro atoms. The van der Waals surface area contributed by atoms with E-state index < -0.39 is 0 Å². The number of esters is 1. The Balaban J connectivity index is 0.00000729. The molecule has 1 rings (SSSR count). The van der Waals surface area contributed by atoms with E-state index in [4.69, 9.17) is 9.47 Å². The first-order valence-electron chi connectivity index (χ1n) is 10.7. The lowest BCUT2D eigenvalue weighted by molar-refractivity contribution is -0.891. The molecule has 0 fully saturated rings. The van der Waals surface area contributed by atoms with Crippen molar-refractivity contribution in [2.24, 2.45) is 0 Å². The van der Waals surface area contributed by atoms with E-state index in [9.17, 15) is 4.79 Å². The zero-order valence-corrected chi connectivity index (χ0v) is 19.7. The molecule has 0 heterocycles. The number of carbonyl (C=O) groups excluding carboxylic acids is 1. The van der Waals surface area contributed by atoms with E-state index in [1.807, 2.05) is 18.2 Å². The Morgan fingerprint density at radius 2 is 1.43 bits per heavy atom. The largest absolute Gasteiger partial charge is 1.00 e. The monoisotopic (exact) mass is 457 g/mol. The summed E-state index contributed by atoms with van der Waals surface area (Å²) in [6.07, 6.45) is 10.9. The lowest BCUT2D eigenvalue weighted by Crippen LogP contribution is -3.00. The first kappa shape index (κ1) is 27.1. The maximum atomic E-state index is 11.8. The van der Waals surface area contributed by atoms with Crippen LogP contribution in [0.15, 0.2) is 30.3 Å². The normalized spacial score (nSPS) is 11.1. The van der Waals surface area contributed by atoms with E-state index in [0.717, 1.165) is 11.0 Å². The van der Waals surface area contributed by atoms with Crippen LogP contribution in [-0.4, -0.2) is 57.5 Å². The summed E-state index contributed by atoms with van der Waals surface area (Å²) in [4.78, 5) is 11.8. The highest BCUT2D eigenvalue weighted by molar-refractivity contribution is 5.89. The molecule has 0 saturated carbocycles. The van der Waals surface area contributed by atoms with Gasteiger partial charge in [-0.25, -0.2) is 4.79 Å². The highest BCUT2D eigenvalue weighted by atomic mass is 79.9. The Morgan fingerprint density at radius 1 is 0.821 bits per heavy atom. The summed E-state index contributed by atoms with van der Waals surface area (Å²) >= 11 is 0. The molecule has 4 nitrogen and oxygen atoms in total. The molecular formula is C23H40BrNO3. The minimum absolute atomic E-state index is 0.